The topological polar surface area (TPSA) is 17.1 Å². The van der Waals surface area contributed by atoms with Crippen LogP contribution in [0.5, 0.6) is 0 Å². The molecule has 9 heteroatoms. The fourth-order valence-electron chi connectivity index (χ4n) is 2.66. The van der Waals surface area contributed by atoms with Crippen LogP contribution >= 0.6 is 0 Å². The van der Waals surface area contributed by atoms with Gasteiger partial charge in [-0.05, 0) is 37.1 Å². The molecule has 0 saturated heterocycles. The second-order valence-corrected chi connectivity index (χ2v) is 5.55. The van der Waals surface area contributed by atoms with Crippen molar-refractivity contribution in [3.8, 4) is 0 Å². The van der Waals surface area contributed by atoms with E-state index in [4.69, 9.17) is 0 Å². The number of aryl methyl sites for hydroxylation is 2. The summed E-state index contributed by atoms with van der Waals surface area (Å²) < 4.78 is 108. The van der Waals surface area contributed by atoms with Gasteiger partial charge in [0.2, 0.25) is 0 Å². The van der Waals surface area contributed by atoms with Gasteiger partial charge in [-0.25, -0.2) is 8.78 Å². The van der Waals surface area contributed by atoms with Gasteiger partial charge in [-0.15, -0.1) is 0 Å². The number of alkyl halides is 6. The molecule has 0 saturated carbocycles. The number of hydrogen-bond acceptors (Lipinski definition) is 1. The lowest BCUT2D eigenvalue weighted by Gasteiger charge is -2.19. The van der Waals surface area contributed by atoms with Crippen molar-refractivity contribution in [1.29, 1.82) is 0 Å². The van der Waals surface area contributed by atoms with Gasteiger partial charge >= 0.3 is 12.4 Å². The monoisotopic (exact) mass is 382 g/mol. The Hall–Kier alpha value is -2.45. The predicted octanol–water partition coefficient (Wildman–Crippen LogP) is 5.85. The molecule has 2 rings (SSSR count). The summed E-state index contributed by atoms with van der Waals surface area (Å²) in [7, 11) is 0. The minimum absolute atomic E-state index is 0.513. The van der Waals surface area contributed by atoms with Crippen LogP contribution in [0, 0.1) is 25.5 Å². The zero-order chi connectivity index (χ0) is 20.0. The van der Waals surface area contributed by atoms with E-state index in [2.05, 4.69) is 0 Å². The molecule has 0 spiro atoms. The summed E-state index contributed by atoms with van der Waals surface area (Å²) in [6, 6.07) is 2.48. The maximum atomic E-state index is 14.0. The van der Waals surface area contributed by atoms with Crippen LogP contribution in [0.25, 0.3) is 0 Å². The molecular weight excluding hydrogens is 372 g/mol. The van der Waals surface area contributed by atoms with Crippen LogP contribution in [0.2, 0.25) is 0 Å². The highest BCUT2D eigenvalue weighted by Crippen LogP contribution is 2.40. The fraction of sp³-hybridized carbons (Fsp3) is 0.235. The zero-order valence-electron chi connectivity index (χ0n) is 13.2. The van der Waals surface area contributed by atoms with Crippen molar-refractivity contribution in [3.05, 3.63) is 69.3 Å². The predicted molar refractivity (Wildman–Crippen MR) is 75.7 cm³/mol. The molecule has 0 bridgehead atoms. The highest BCUT2D eigenvalue weighted by molar-refractivity contribution is 6.11. The molecule has 0 aromatic heterocycles. The Labute approximate surface area is 142 Å². The first-order chi connectivity index (χ1) is 11.8. The van der Waals surface area contributed by atoms with Crippen molar-refractivity contribution in [1.82, 2.24) is 0 Å². The lowest BCUT2D eigenvalue weighted by molar-refractivity contribution is -0.138. The van der Waals surface area contributed by atoms with E-state index in [0.717, 1.165) is 26.0 Å². The van der Waals surface area contributed by atoms with E-state index in [1.165, 1.54) is 0 Å². The normalized spacial score (nSPS) is 12.4. The standard InChI is InChI=1S/C17H10F8O/c1-7-3-5-9(18)11(13(7)16(20,21)22)15(26)12-10(19)6-4-8(2)14(12)17(23,24)25/h3-6H,1-2H3. The van der Waals surface area contributed by atoms with Crippen LogP contribution in [-0.2, 0) is 12.4 Å². The molecule has 0 N–H and O–H groups in total. The van der Waals surface area contributed by atoms with Gasteiger partial charge < -0.3 is 0 Å². The Balaban J connectivity index is 2.90. The largest absolute Gasteiger partial charge is 0.417 e. The summed E-state index contributed by atoms with van der Waals surface area (Å²) in [6.45, 7) is 1.83. The summed E-state index contributed by atoms with van der Waals surface area (Å²) in [5.41, 5.74) is -7.93. The quantitative estimate of drug-likeness (QED) is 0.470. The Kier molecular flexibility index (Phi) is 4.87. The third-order valence-corrected chi connectivity index (χ3v) is 3.75. The van der Waals surface area contributed by atoms with Crippen LogP contribution in [0.3, 0.4) is 0 Å². The highest BCUT2D eigenvalue weighted by atomic mass is 19.4. The number of benzene rings is 2. The van der Waals surface area contributed by atoms with E-state index in [1.807, 2.05) is 0 Å². The lowest BCUT2D eigenvalue weighted by atomic mass is 9.90. The number of rotatable bonds is 2. The highest BCUT2D eigenvalue weighted by Gasteiger charge is 2.43. The average Bonchev–Trinajstić information content (AvgIpc) is 2.48. The van der Waals surface area contributed by atoms with Crippen molar-refractivity contribution in [2.75, 3.05) is 0 Å². The van der Waals surface area contributed by atoms with Gasteiger partial charge in [-0.3, -0.25) is 4.79 Å². The number of halogens is 8. The van der Waals surface area contributed by atoms with E-state index in [9.17, 15) is 39.9 Å². The summed E-state index contributed by atoms with van der Waals surface area (Å²) in [5.74, 6) is -5.41. The second kappa shape index (κ2) is 6.37. The van der Waals surface area contributed by atoms with Crippen LogP contribution in [0.4, 0.5) is 35.1 Å². The van der Waals surface area contributed by atoms with Gasteiger partial charge in [0, 0.05) is 0 Å². The molecule has 0 aliphatic rings. The summed E-state index contributed by atoms with van der Waals surface area (Å²) in [4.78, 5) is 12.4. The SMILES string of the molecule is Cc1ccc(F)c(C(=O)c2c(F)ccc(C)c2C(F)(F)F)c1C(F)(F)F. The Morgan fingerprint density at radius 2 is 1.00 bits per heavy atom. The molecule has 1 nitrogen and oxygen atoms in total. The molecule has 0 radical (unpaired) electrons. The molecule has 0 unspecified atom stereocenters. The third-order valence-electron chi connectivity index (χ3n) is 3.75. The van der Waals surface area contributed by atoms with Crippen molar-refractivity contribution < 1.29 is 39.9 Å². The molecular formula is C17H10F8O. The van der Waals surface area contributed by atoms with E-state index < -0.39 is 63.2 Å². The first-order valence-corrected chi connectivity index (χ1v) is 7.04. The average molecular weight is 382 g/mol. The molecule has 0 fully saturated rings. The van der Waals surface area contributed by atoms with Gasteiger partial charge in [0.05, 0.1) is 22.3 Å². The van der Waals surface area contributed by atoms with Gasteiger partial charge in [0.25, 0.3) is 0 Å². The van der Waals surface area contributed by atoms with Crippen LogP contribution in [0.15, 0.2) is 24.3 Å². The molecule has 140 valence electrons. The van der Waals surface area contributed by atoms with E-state index in [1.54, 1.807) is 0 Å². The first-order valence-electron chi connectivity index (χ1n) is 7.04. The van der Waals surface area contributed by atoms with Gasteiger partial charge in [-0.1, -0.05) is 12.1 Å². The van der Waals surface area contributed by atoms with Gasteiger partial charge in [0.1, 0.15) is 11.6 Å². The summed E-state index contributed by atoms with van der Waals surface area (Å²) in [6.07, 6.45) is -10.5. The minimum Gasteiger partial charge on any atom is -0.288 e. The van der Waals surface area contributed by atoms with Crippen LogP contribution in [0.1, 0.15) is 38.2 Å². The molecule has 0 amide bonds. The Bertz CT molecular complexity index is 806. The fourth-order valence-corrected chi connectivity index (χ4v) is 2.66. The smallest absolute Gasteiger partial charge is 0.288 e. The van der Waals surface area contributed by atoms with Crippen LogP contribution < -0.4 is 0 Å². The van der Waals surface area contributed by atoms with E-state index in [0.29, 0.717) is 12.1 Å². The number of carbonyl (C=O) groups is 1. The molecule has 2 aromatic carbocycles. The second-order valence-electron chi connectivity index (χ2n) is 5.55. The lowest BCUT2D eigenvalue weighted by Crippen LogP contribution is -2.22. The van der Waals surface area contributed by atoms with Gasteiger partial charge in [-0.2, -0.15) is 26.3 Å². The molecule has 0 aliphatic carbocycles. The zero-order valence-corrected chi connectivity index (χ0v) is 13.2. The first kappa shape index (κ1) is 19.9. The summed E-state index contributed by atoms with van der Waals surface area (Å²) >= 11 is 0. The maximum absolute atomic E-state index is 14.0. The minimum atomic E-state index is -5.23. The molecule has 26 heavy (non-hydrogen) atoms. The third kappa shape index (κ3) is 3.42. The molecule has 0 aliphatic heterocycles. The van der Waals surface area contributed by atoms with Crippen LogP contribution in [-0.4, -0.2) is 5.78 Å². The maximum Gasteiger partial charge on any atom is 0.417 e. The van der Waals surface area contributed by atoms with Crippen molar-refractivity contribution in [2.24, 2.45) is 0 Å². The molecule has 0 heterocycles. The van der Waals surface area contributed by atoms with Crippen molar-refractivity contribution in [3.63, 3.8) is 0 Å². The Morgan fingerprint density at radius 1 is 0.692 bits per heavy atom. The van der Waals surface area contributed by atoms with Gasteiger partial charge in [0.15, 0.2) is 5.78 Å². The van der Waals surface area contributed by atoms with Crippen molar-refractivity contribution >= 4 is 5.78 Å². The number of hydrogen-bond donors (Lipinski definition) is 0. The summed E-state index contributed by atoms with van der Waals surface area (Å²) in [5, 5.41) is 0. The number of ketones is 1. The van der Waals surface area contributed by atoms with Crippen molar-refractivity contribution in [2.45, 2.75) is 26.2 Å². The molecule has 2 aromatic rings. The van der Waals surface area contributed by atoms with E-state index >= 15 is 0 Å². The molecule has 0 atom stereocenters. The van der Waals surface area contributed by atoms with E-state index in [-0.39, 0.29) is 0 Å². The Morgan fingerprint density at radius 3 is 1.27 bits per heavy atom. The number of carbonyl (C=O) groups excluding carboxylic acids is 1.